The molecule has 10 heavy (non-hydrogen) atoms. The average Bonchev–Trinajstić information content (AvgIpc) is 2.05. The van der Waals surface area contributed by atoms with Crippen LogP contribution in [0, 0.1) is 0 Å². The number of carbonyl (C=O) groups is 1. The van der Waals surface area contributed by atoms with Crippen LogP contribution in [0.25, 0.3) is 0 Å². The first-order chi connectivity index (χ1) is 4.55. The molecule has 1 saturated heterocycles. The molecular weight excluding hydrogens is 132 g/mol. The fourth-order valence-electron chi connectivity index (χ4n) is 1.10. The van der Waals surface area contributed by atoms with Crippen molar-refractivity contribution < 1.29 is 14.3 Å². The molecule has 0 aromatic carbocycles. The monoisotopic (exact) mass is 144 g/mol. The summed E-state index contributed by atoms with van der Waals surface area (Å²) in [5.41, 5.74) is 0. The van der Waals surface area contributed by atoms with Crippen LogP contribution in [-0.4, -0.2) is 24.3 Å². The highest BCUT2D eigenvalue weighted by Gasteiger charge is 2.38. The molecule has 0 saturated carbocycles. The van der Waals surface area contributed by atoms with E-state index in [-0.39, 0.29) is 6.10 Å². The van der Waals surface area contributed by atoms with Gasteiger partial charge in [0.25, 0.3) is 0 Å². The first kappa shape index (κ1) is 7.69. The summed E-state index contributed by atoms with van der Waals surface area (Å²) in [4.78, 5) is 10.3. The quantitative estimate of drug-likeness (QED) is 0.509. The Balaban J connectivity index is 2.60. The average molecular weight is 144 g/mol. The van der Waals surface area contributed by atoms with Gasteiger partial charge in [0.1, 0.15) is 6.10 Å². The number of hydrogen-bond acceptors (Lipinski definition) is 3. The van der Waals surface area contributed by atoms with Crippen molar-refractivity contribution in [1.29, 1.82) is 0 Å². The van der Waals surface area contributed by atoms with Crippen molar-refractivity contribution in [3.63, 3.8) is 0 Å². The van der Waals surface area contributed by atoms with Crippen molar-refractivity contribution in [2.24, 2.45) is 0 Å². The van der Waals surface area contributed by atoms with E-state index in [4.69, 9.17) is 9.47 Å². The molecule has 0 aromatic heterocycles. The van der Waals surface area contributed by atoms with Crippen molar-refractivity contribution in [3.05, 3.63) is 0 Å². The van der Waals surface area contributed by atoms with Crippen LogP contribution in [0.3, 0.4) is 0 Å². The summed E-state index contributed by atoms with van der Waals surface area (Å²) in [5, 5.41) is 0. The minimum absolute atomic E-state index is 0.118. The number of aldehydes is 1. The van der Waals surface area contributed by atoms with Crippen molar-refractivity contribution in [3.8, 4) is 0 Å². The van der Waals surface area contributed by atoms with Crippen molar-refractivity contribution in [1.82, 2.24) is 0 Å². The van der Waals surface area contributed by atoms with E-state index in [0.29, 0.717) is 0 Å². The largest absolute Gasteiger partial charge is 0.344 e. The first-order valence-electron chi connectivity index (χ1n) is 3.36. The summed E-state index contributed by atoms with van der Waals surface area (Å²) in [6.07, 6.45) is 0.266. The molecule has 0 bridgehead atoms. The summed E-state index contributed by atoms with van der Waals surface area (Å²) in [5.74, 6) is -0.592. The van der Waals surface area contributed by atoms with Gasteiger partial charge in [-0.2, -0.15) is 0 Å². The van der Waals surface area contributed by atoms with E-state index in [9.17, 15) is 4.79 Å². The van der Waals surface area contributed by atoms with Gasteiger partial charge in [0.2, 0.25) is 0 Å². The lowest BCUT2D eigenvalue weighted by Crippen LogP contribution is -2.22. The van der Waals surface area contributed by atoms with Gasteiger partial charge < -0.3 is 14.3 Å². The summed E-state index contributed by atoms with van der Waals surface area (Å²) < 4.78 is 10.5. The van der Waals surface area contributed by atoms with E-state index >= 15 is 0 Å². The van der Waals surface area contributed by atoms with Gasteiger partial charge in [0.05, 0.1) is 6.10 Å². The Morgan fingerprint density at radius 3 is 2.20 bits per heavy atom. The molecule has 3 heteroatoms. The van der Waals surface area contributed by atoms with Crippen LogP contribution < -0.4 is 0 Å². The molecule has 1 heterocycles. The Labute approximate surface area is 60.3 Å². The summed E-state index contributed by atoms with van der Waals surface area (Å²) >= 11 is 0. The van der Waals surface area contributed by atoms with Crippen LogP contribution in [0.15, 0.2) is 0 Å². The molecule has 1 aliphatic heterocycles. The van der Waals surface area contributed by atoms with Gasteiger partial charge in [-0.1, -0.05) is 0 Å². The standard InChI is InChI=1S/C7H12O3/c1-5-6(4-8)10-7(2,3)9-5/h4-6H,1-3H3/t5-,6+/m1/s1. The van der Waals surface area contributed by atoms with Crippen LogP contribution in [-0.2, 0) is 14.3 Å². The lowest BCUT2D eigenvalue weighted by Gasteiger charge is -2.15. The molecular formula is C7H12O3. The van der Waals surface area contributed by atoms with Crippen LogP contribution in [0.4, 0.5) is 0 Å². The zero-order valence-corrected chi connectivity index (χ0v) is 6.46. The highest BCUT2D eigenvalue weighted by molar-refractivity contribution is 5.57. The van der Waals surface area contributed by atoms with Gasteiger partial charge in [-0.05, 0) is 20.8 Å². The van der Waals surface area contributed by atoms with Gasteiger partial charge in [-0.25, -0.2) is 0 Å². The molecule has 1 rings (SSSR count). The Kier molecular flexibility index (Phi) is 1.79. The molecule has 0 aliphatic carbocycles. The Morgan fingerprint density at radius 1 is 1.40 bits per heavy atom. The molecule has 3 nitrogen and oxygen atoms in total. The first-order valence-corrected chi connectivity index (χ1v) is 3.36. The van der Waals surface area contributed by atoms with Crippen molar-refractivity contribution in [2.75, 3.05) is 0 Å². The smallest absolute Gasteiger partial charge is 0.164 e. The van der Waals surface area contributed by atoms with Crippen molar-refractivity contribution >= 4 is 6.29 Å². The SMILES string of the molecule is C[C@H]1OC(C)(C)O[C@H]1C=O. The summed E-state index contributed by atoms with van der Waals surface area (Å²) in [6.45, 7) is 5.42. The molecule has 0 N–H and O–H groups in total. The van der Waals surface area contributed by atoms with E-state index in [1.165, 1.54) is 0 Å². The van der Waals surface area contributed by atoms with Gasteiger partial charge in [0, 0.05) is 0 Å². The molecule has 0 amide bonds. The Bertz CT molecular complexity index is 142. The van der Waals surface area contributed by atoms with E-state index in [1.54, 1.807) is 13.8 Å². The minimum atomic E-state index is -0.592. The minimum Gasteiger partial charge on any atom is -0.344 e. The van der Waals surface area contributed by atoms with Crippen LogP contribution in [0.5, 0.6) is 0 Å². The second-order valence-electron chi connectivity index (χ2n) is 2.94. The highest BCUT2D eigenvalue weighted by Crippen LogP contribution is 2.26. The summed E-state index contributed by atoms with van der Waals surface area (Å²) in [6, 6.07) is 0. The zero-order valence-electron chi connectivity index (χ0n) is 6.46. The van der Waals surface area contributed by atoms with Crippen LogP contribution in [0.1, 0.15) is 20.8 Å². The third kappa shape index (κ3) is 1.36. The zero-order chi connectivity index (χ0) is 7.78. The highest BCUT2D eigenvalue weighted by atomic mass is 16.8. The van der Waals surface area contributed by atoms with E-state index < -0.39 is 11.9 Å². The number of ether oxygens (including phenoxy) is 2. The number of carbonyl (C=O) groups excluding carboxylic acids is 1. The normalized spacial score (nSPS) is 37.9. The molecule has 2 atom stereocenters. The second kappa shape index (κ2) is 2.32. The fraction of sp³-hybridized carbons (Fsp3) is 0.857. The number of hydrogen-bond donors (Lipinski definition) is 0. The van der Waals surface area contributed by atoms with E-state index in [2.05, 4.69) is 0 Å². The molecule has 0 spiro atoms. The van der Waals surface area contributed by atoms with E-state index in [0.717, 1.165) is 6.29 Å². The number of rotatable bonds is 1. The molecule has 1 fully saturated rings. The fourth-order valence-corrected chi connectivity index (χ4v) is 1.10. The molecule has 0 aromatic rings. The van der Waals surface area contributed by atoms with Crippen LogP contribution in [0.2, 0.25) is 0 Å². The maximum absolute atomic E-state index is 10.3. The van der Waals surface area contributed by atoms with Gasteiger partial charge in [-0.15, -0.1) is 0 Å². The predicted molar refractivity (Wildman–Crippen MR) is 35.6 cm³/mol. The molecule has 1 aliphatic rings. The molecule has 0 unspecified atom stereocenters. The maximum Gasteiger partial charge on any atom is 0.164 e. The summed E-state index contributed by atoms with van der Waals surface area (Å²) in [7, 11) is 0. The Morgan fingerprint density at radius 2 is 2.00 bits per heavy atom. The van der Waals surface area contributed by atoms with Crippen LogP contribution >= 0.6 is 0 Å². The maximum atomic E-state index is 10.3. The third-order valence-corrected chi connectivity index (χ3v) is 1.49. The van der Waals surface area contributed by atoms with E-state index in [1.807, 2.05) is 6.92 Å². The second-order valence-corrected chi connectivity index (χ2v) is 2.94. The molecule has 0 radical (unpaired) electrons. The van der Waals surface area contributed by atoms with Crippen molar-refractivity contribution in [2.45, 2.75) is 38.8 Å². The third-order valence-electron chi connectivity index (χ3n) is 1.49. The Hall–Kier alpha value is -0.410. The lowest BCUT2D eigenvalue weighted by atomic mass is 10.3. The topological polar surface area (TPSA) is 35.5 Å². The predicted octanol–water partition coefficient (Wildman–Crippen LogP) is 0.725. The molecule has 58 valence electrons. The van der Waals surface area contributed by atoms with Gasteiger partial charge >= 0.3 is 0 Å². The van der Waals surface area contributed by atoms with Gasteiger partial charge in [0.15, 0.2) is 12.1 Å². The van der Waals surface area contributed by atoms with Gasteiger partial charge in [-0.3, -0.25) is 0 Å². The lowest BCUT2D eigenvalue weighted by molar-refractivity contribution is -0.149.